The van der Waals surface area contributed by atoms with Gasteiger partial charge in [-0.3, -0.25) is 0 Å². The van der Waals surface area contributed by atoms with Crippen molar-refractivity contribution in [1.29, 1.82) is 0 Å². The highest BCUT2D eigenvalue weighted by Crippen LogP contribution is 2.40. The molecule has 3 rings (SSSR count). The maximum absolute atomic E-state index is 6.04. The first-order valence-corrected chi connectivity index (χ1v) is 8.75. The molecule has 1 saturated heterocycles. The SMILES string of the molecule is CC(N)Cc1cc(Br)ccc1N1CCC2CCCCC21. The molecule has 2 fully saturated rings. The van der Waals surface area contributed by atoms with Crippen molar-refractivity contribution in [2.75, 3.05) is 11.4 Å². The second-order valence-electron chi connectivity index (χ2n) is 6.55. The highest BCUT2D eigenvalue weighted by atomic mass is 79.9. The Hall–Kier alpha value is -0.540. The minimum atomic E-state index is 0.216. The fourth-order valence-electron chi connectivity index (χ4n) is 4.05. The van der Waals surface area contributed by atoms with Gasteiger partial charge >= 0.3 is 0 Å². The summed E-state index contributed by atoms with van der Waals surface area (Å²) in [4.78, 5) is 2.67. The Kier molecular flexibility index (Phi) is 4.37. The maximum atomic E-state index is 6.04. The number of rotatable bonds is 3. The highest BCUT2D eigenvalue weighted by Gasteiger charge is 2.36. The van der Waals surface area contributed by atoms with E-state index in [-0.39, 0.29) is 6.04 Å². The summed E-state index contributed by atoms with van der Waals surface area (Å²) in [5, 5.41) is 0. The highest BCUT2D eigenvalue weighted by molar-refractivity contribution is 9.10. The third kappa shape index (κ3) is 2.89. The van der Waals surface area contributed by atoms with Gasteiger partial charge in [0.1, 0.15) is 0 Å². The first-order chi connectivity index (χ1) is 9.65. The molecule has 3 unspecified atom stereocenters. The molecule has 3 heteroatoms. The van der Waals surface area contributed by atoms with E-state index in [0.29, 0.717) is 0 Å². The molecule has 0 aromatic heterocycles. The van der Waals surface area contributed by atoms with E-state index in [1.165, 1.54) is 49.9 Å². The molecule has 2 N–H and O–H groups in total. The monoisotopic (exact) mass is 336 g/mol. The number of hydrogen-bond donors (Lipinski definition) is 1. The Morgan fingerprint density at radius 3 is 2.90 bits per heavy atom. The van der Waals surface area contributed by atoms with Crippen molar-refractivity contribution in [3.05, 3.63) is 28.2 Å². The molecule has 3 atom stereocenters. The average molecular weight is 337 g/mol. The predicted octanol–water partition coefficient (Wildman–Crippen LogP) is 4.11. The summed E-state index contributed by atoms with van der Waals surface area (Å²) in [5.74, 6) is 0.926. The van der Waals surface area contributed by atoms with Crippen LogP contribution >= 0.6 is 15.9 Å². The molecule has 1 aromatic rings. The van der Waals surface area contributed by atoms with Crippen LogP contribution in [0.1, 0.15) is 44.6 Å². The molecule has 1 aliphatic carbocycles. The largest absolute Gasteiger partial charge is 0.368 e. The molecule has 2 nitrogen and oxygen atoms in total. The van der Waals surface area contributed by atoms with Crippen LogP contribution in [0.15, 0.2) is 22.7 Å². The topological polar surface area (TPSA) is 29.3 Å². The van der Waals surface area contributed by atoms with Gasteiger partial charge in [-0.2, -0.15) is 0 Å². The number of nitrogens with two attached hydrogens (primary N) is 1. The first kappa shape index (κ1) is 14.4. The van der Waals surface area contributed by atoms with Gasteiger partial charge in [-0.05, 0) is 62.3 Å². The lowest BCUT2D eigenvalue weighted by molar-refractivity contribution is 0.342. The Morgan fingerprint density at radius 2 is 2.10 bits per heavy atom. The smallest absolute Gasteiger partial charge is 0.0402 e. The summed E-state index contributed by atoms with van der Waals surface area (Å²) in [6.45, 7) is 3.32. The Morgan fingerprint density at radius 1 is 1.30 bits per heavy atom. The van der Waals surface area contributed by atoms with Crippen LogP contribution in [-0.4, -0.2) is 18.6 Å². The minimum absolute atomic E-state index is 0.216. The molecule has 0 spiro atoms. The zero-order valence-corrected chi connectivity index (χ0v) is 13.9. The number of benzene rings is 1. The molecule has 110 valence electrons. The summed E-state index contributed by atoms with van der Waals surface area (Å²) < 4.78 is 1.16. The third-order valence-electron chi connectivity index (χ3n) is 4.90. The normalized spacial score (nSPS) is 27.4. The van der Waals surface area contributed by atoms with E-state index in [2.05, 4.69) is 46.0 Å². The van der Waals surface area contributed by atoms with Gasteiger partial charge in [0.2, 0.25) is 0 Å². The Bertz CT molecular complexity index is 472. The number of hydrogen-bond acceptors (Lipinski definition) is 2. The van der Waals surface area contributed by atoms with E-state index in [9.17, 15) is 0 Å². The van der Waals surface area contributed by atoms with Gasteiger partial charge in [0.05, 0.1) is 0 Å². The van der Waals surface area contributed by atoms with Gasteiger partial charge in [-0.15, -0.1) is 0 Å². The summed E-state index contributed by atoms with van der Waals surface area (Å²) >= 11 is 3.60. The zero-order chi connectivity index (χ0) is 14.1. The lowest BCUT2D eigenvalue weighted by Crippen LogP contribution is -2.35. The fraction of sp³-hybridized carbons (Fsp3) is 0.647. The molecule has 1 heterocycles. The zero-order valence-electron chi connectivity index (χ0n) is 12.3. The molecule has 1 saturated carbocycles. The van der Waals surface area contributed by atoms with Crippen LogP contribution in [0.25, 0.3) is 0 Å². The Labute approximate surface area is 130 Å². The second-order valence-corrected chi connectivity index (χ2v) is 7.46. The van der Waals surface area contributed by atoms with Crippen molar-refractivity contribution in [1.82, 2.24) is 0 Å². The summed E-state index contributed by atoms with van der Waals surface area (Å²) in [6.07, 6.45) is 7.97. The first-order valence-electron chi connectivity index (χ1n) is 7.96. The van der Waals surface area contributed by atoms with Gasteiger partial charge in [0, 0.05) is 28.8 Å². The molecule has 20 heavy (non-hydrogen) atoms. The maximum Gasteiger partial charge on any atom is 0.0402 e. The van der Waals surface area contributed by atoms with Crippen molar-refractivity contribution in [3.63, 3.8) is 0 Å². The minimum Gasteiger partial charge on any atom is -0.368 e. The third-order valence-corrected chi connectivity index (χ3v) is 5.40. The number of nitrogens with zero attached hydrogens (tertiary/aromatic N) is 1. The summed E-state index contributed by atoms with van der Waals surface area (Å²) in [6, 6.07) is 7.72. The van der Waals surface area contributed by atoms with Gasteiger partial charge < -0.3 is 10.6 Å². The van der Waals surface area contributed by atoms with Crippen LogP contribution in [0.4, 0.5) is 5.69 Å². The van der Waals surface area contributed by atoms with Gasteiger partial charge in [-0.1, -0.05) is 28.8 Å². The van der Waals surface area contributed by atoms with Crippen LogP contribution in [0.3, 0.4) is 0 Å². The van der Waals surface area contributed by atoms with Crippen LogP contribution in [-0.2, 0) is 6.42 Å². The molecular weight excluding hydrogens is 312 g/mol. The van der Waals surface area contributed by atoms with E-state index in [0.717, 1.165) is 22.9 Å². The van der Waals surface area contributed by atoms with E-state index >= 15 is 0 Å². The number of fused-ring (bicyclic) bond motifs is 1. The van der Waals surface area contributed by atoms with Gasteiger partial charge in [0.25, 0.3) is 0 Å². The standard InChI is InChI=1S/C17H25BrN2/c1-12(19)10-14-11-15(18)6-7-17(14)20-9-8-13-4-2-3-5-16(13)20/h6-7,11-13,16H,2-5,8-10,19H2,1H3. The number of halogens is 1. The summed E-state index contributed by atoms with van der Waals surface area (Å²) in [7, 11) is 0. The van der Waals surface area contributed by atoms with Crippen molar-refractivity contribution < 1.29 is 0 Å². The predicted molar refractivity (Wildman–Crippen MR) is 89.2 cm³/mol. The van der Waals surface area contributed by atoms with E-state index < -0.39 is 0 Å². The summed E-state index contributed by atoms with van der Waals surface area (Å²) in [5.41, 5.74) is 8.87. The van der Waals surface area contributed by atoms with Gasteiger partial charge in [-0.25, -0.2) is 0 Å². The second kappa shape index (κ2) is 6.07. The van der Waals surface area contributed by atoms with Crippen LogP contribution < -0.4 is 10.6 Å². The average Bonchev–Trinajstić information content (AvgIpc) is 2.82. The van der Waals surface area contributed by atoms with Crippen molar-refractivity contribution in [2.45, 2.75) is 57.5 Å². The van der Waals surface area contributed by atoms with Crippen LogP contribution in [0.5, 0.6) is 0 Å². The Balaban J connectivity index is 1.89. The van der Waals surface area contributed by atoms with E-state index in [4.69, 9.17) is 5.73 Å². The van der Waals surface area contributed by atoms with Crippen molar-refractivity contribution in [3.8, 4) is 0 Å². The molecule has 1 aliphatic heterocycles. The van der Waals surface area contributed by atoms with E-state index in [1.807, 2.05) is 0 Å². The number of anilines is 1. The molecule has 0 radical (unpaired) electrons. The molecule has 1 aromatic carbocycles. The molecule has 2 aliphatic rings. The molecule has 0 amide bonds. The lowest BCUT2D eigenvalue weighted by atomic mass is 9.85. The fourth-order valence-corrected chi connectivity index (χ4v) is 4.46. The quantitative estimate of drug-likeness (QED) is 0.899. The van der Waals surface area contributed by atoms with Crippen molar-refractivity contribution >= 4 is 21.6 Å². The van der Waals surface area contributed by atoms with E-state index in [1.54, 1.807) is 0 Å². The van der Waals surface area contributed by atoms with Gasteiger partial charge in [0.15, 0.2) is 0 Å². The lowest BCUT2D eigenvalue weighted by Gasteiger charge is -2.34. The van der Waals surface area contributed by atoms with Crippen LogP contribution in [0.2, 0.25) is 0 Å². The van der Waals surface area contributed by atoms with Crippen molar-refractivity contribution in [2.24, 2.45) is 11.7 Å². The molecule has 0 bridgehead atoms. The van der Waals surface area contributed by atoms with Crippen LogP contribution in [0, 0.1) is 5.92 Å². The molecular formula is C17H25BrN2.